The molecule has 12 heavy (non-hydrogen) atoms. The van der Waals surface area contributed by atoms with Crippen LogP contribution in [0.25, 0.3) is 0 Å². The fraction of sp³-hybridized carbons (Fsp3) is 1.00. The van der Waals surface area contributed by atoms with E-state index in [2.05, 4.69) is 5.32 Å². The molecule has 1 nitrogen and oxygen atoms in total. The third kappa shape index (κ3) is 0.987. The van der Waals surface area contributed by atoms with Crippen molar-refractivity contribution in [3.05, 3.63) is 0 Å². The lowest BCUT2D eigenvalue weighted by molar-refractivity contribution is 0.0623. The molecule has 1 saturated carbocycles. The summed E-state index contributed by atoms with van der Waals surface area (Å²) in [5.74, 6) is -2.65. The van der Waals surface area contributed by atoms with Gasteiger partial charge in [0.2, 0.25) is 0 Å². The van der Waals surface area contributed by atoms with Crippen molar-refractivity contribution in [1.29, 1.82) is 0 Å². The first-order valence-electron chi connectivity index (χ1n) is 4.63. The molecule has 2 atom stereocenters. The summed E-state index contributed by atoms with van der Waals surface area (Å²) >= 11 is 0. The maximum atomic E-state index is 13.2. The Labute approximate surface area is 71.5 Å². The third-order valence-corrected chi connectivity index (χ3v) is 3.21. The SMILES string of the molecule is CC(C)C1C(C2CNC2)C1(F)F. The van der Waals surface area contributed by atoms with Crippen LogP contribution in [0.2, 0.25) is 0 Å². The van der Waals surface area contributed by atoms with E-state index in [0.717, 1.165) is 13.1 Å². The molecule has 1 saturated heterocycles. The Kier molecular flexibility index (Phi) is 1.69. The van der Waals surface area contributed by atoms with Crippen molar-refractivity contribution in [2.45, 2.75) is 19.8 Å². The van der Waals surface area contributed by atoms with Crippen LogP contribution in [0.5, 0.6) is 0 Å². The van der Waals surface area contributed by atoms with E-state index in [9.17, 15) is 8.78 Å². The van der Waals surface area contributed by atoms with Crippen molar-refractivity contribution in [2.24, 2.45) is 23.7 Å². The van der Waals surface area contributed by atoms with Crippen LogP contribution in [-0.4, -0.2) is 19.0 Å². The molecule has 1 heterocycles. The lowest BCUT2D eigenvalue weighted by Crippen LogP contribution is -2.44. The monoisotopic (exact) mass is 175 g/mol. The molecular weight excluding hydrogens is 160 g/mol. The Morgan fingerprint density at radius 3 is 2.17 bits per heavy atom. The normalized spacial score (nSPS) is 39.8. The van der Waals surface area contributed by atoms with Gasteiger partial charge in [-0.3, -0.25) is 0 Å². The van der Waals surface area contributed by atoms with Crippen molar-refractivity contribution in [2.75, 3.05) is 13.1 Å². The van der Waals surface area contributed by atoms with Crippen LogP contribution in [-0.2, 0) is 0 Å². The van der Waals surface area contributed by atoms with E-state index in [1.165, 1.54) is 0 Å². The average Bonchev–Trinajstić information content (AvgIpc) is 2.30. The number of halogens is 2. The van der Waals surface area contributed by atoms with Crippen molar-refractivity contribution in [1.82, 2.24) is 5.32 Å². The van der Waals surface area contributed by atoms with Crippen LogP contribution in [0.15, 0.2) is 0 Å². The molecule has 2 unspecified atom stereocenters. The minimum absolute atomic E-state index is 0.130. The molecule has 3 heteroatoms. The highest BCUT2D eigenvalue weighted by molar-refractivity contribution is 5.11. The summed E-state index contributed by atoms with van der Waals surface area (Å²) in [5.41, 5.74) is 0. The molecule has 1 N–H and O–H groups in total. The molecule has 70 valence electrons. The molecule has 2 rings (SSSR count). The van der Waals surface area contributed by atoms with E-state index >= 15 is 0 Å². The second-order valence-electron chi connectivity index (χ2n) is 4.39. The van der Waals surface area contributed by atoms with Crippen molar-refractivity contribution >= 4 is 0 Å². The van der Waals surface area contributed by atoms with E-state index in [-0.39, 0.29) is 23.7 Å². The largest absolute Gasteiger partial charge is 0.316 e. The maximum absolute atomic E-state index is 13.2. The van der Waals surface area contributed by atoms with Gasteiger partial charge in [-0.25, -0.2) is 8.78 Å². The van der Waals surface area contributed by atoms with Gasteiger partial charge in [0.25, 0.3) is 5.92 Å². The molecule has 1 aliphatic heterocycles. The molecule has 2 aliphatic rings. The number of alkyl halides is 2. The minimum Gasteiger partial charge on any atom is -0.316 e. The fourth-order valence-corrected chi connectivity index (χ4v) is 2.41. The first kappa shape index (κ1) is 8.42. The molecule has 0 aromatic rings. The Balaban J connectivity index is 2.00. The highest BCUT2D eigenvalue weighted by Crippen LogP contribution is 2.62. The van der Waals surface area contributed by atoms with Crippen LogP contribution < -0.4 is 5.32 Å². The third-order valence-electron chi connectivity index (χ3n) is 3.21. The summed E-state index contributed by atoms with van der Waals surface area (Å²) in [4.78, 5) is 0. The van der Waals surface area contributed by atoms with Gasteiger partial charge in [0.1, 0.15) is 0 Å². The van der Waals surface area contributed by atoms with Gasteiger partial charge in [-0.05, 0) is 24.9 Å². The van der Waals surface area contributed by atoms with Gasteiger partial charge >= 0.3 is 0 Å². The van der Waals surface area contributed by atoms with Crippen LogP contribution in [0.3, 0.4) is 0 Å². The van der Waals surface area contributed by atoms with Crippen LogP contribution in [0.1, 0.15) is 13.8 Å². The Morgan fingerprint density at radius 2 is 1.92 bits per heavy atom. The summed E-state index contributed by atoms with van der Waals surface area (Å²) in [6.45, 7) is 5.38. The van der Waals surface area contributed by atoms with Crippen molar-refractivity contribution < 1.29 is 8.78 Å². The summed E-state index contributed by atoms with van der Waals surface area (Å²) in [5, 5.41) is 3.05. The molecule has 0 bridgehead atoms. The summed E-state index contributed by atoms with van der Waals surface area (Å²) in [6.07, 6.45) is 0. The second-order valence-corrected chi connectivity index (χ2v) is 4.39. The fourth-order valence-electron chi connectivity index (χ4n) is 2.41. The van der Waals surface area contributed by atoms with Crippen LogP contribution >= 0.6 is 0 Å². The van der Waals surface area contributed by atoms with Gasteiger partial charge in [0, 0.05) is 11.8 Å². The maximum Gasteiger partial charge on any atom is 0.255 e. The van der Waals surface area contributed by atoms with E-state index in [0.29, 0.717) is 0 Å². The summed E-state index contributed by atoms with van der Waals surface area (Å²) in [6, 6.07) is 0. The molecule has 2 fully saturated rings. The quantitative estimate of drug-likeness (QED) is 0.674. The van der Waals surface area contributed by atoms with Gasteiger partial charge < -0.3 is 5.32 Å². The van der Waals surface area contributed by atoms with Gasteiger partial charge in [0.05, 0.1) is 0 Å². The number of rotatable bonds is 2. The van der Waals surface area contributed by atoms with Gasteiger partial charge in [0.15, 0.2) is 0 Å². The Bertz CT molecular complexity index is 187. The average molecular weight is 175 g/mol. The number of nitrogens with one attached hydrogen (secondary N) is 1. The smallest absolute Gasteiger partial charge is 0.255 e. The second kappa shape index (κ2) is 2.41. The first-order valence-corrected chi connectivity index (χ1v) is 4.63. The molecule has 0 amide bonds. The zero-order valence-corrected chi connectivity index (χ0v) is 7.48. The predicted molar refractivity (Wildman–Crippen MR) is 43.1 cm³/mol. The van der Waals surface area contributed by atoms with Crippen LogP contribution in [0.4, 0.5) is 8.78 Å². The van der Waals surface area contributed by atoms with E-state index in [1.54, 1.807) is 0 Å². The molecule has 1 aliphatic carbocycles. The molecule has 0 aromatic carbocycles. The van der Waals surface area contributed by atoms with E-state index < -0.39 is 5.92 Å². The summed E-state index contributed by atoms with van der Waals surface area (Å²) in [7, 11) is 0. The lowest BCUT2D eigenvalue weighted by Gasteiger charge is -2.27. The standard InChI is InChI=1S/C9H15F2N/c1-5(2)7-8(9(7,10)11)6-3-12-4-6/h5-8,12H,3-4H2,1-2H3. The van der Waals surface area contributed by atoms with Crippen LogP contribution in [0, 0.1) is 23.7 Å². The number of hydrogen-bond acceptors (Lipinski definition) is 1. The van der Waals surface area contributed by atoms with Crippen molar-refractivity contribution in [3.8, 4) is 0 Å². The highest BCUT2D eigenvalue weighted by atomic mass is 19.3. The molecule has 0 radical (unpaired) electrons. The minimum atomic E-state index is -2.36. The van der Waals surface area contributed by atoms with Gasteiger partial charge in [-0.15, -0.1) is 0 Å². The van der Waals surface area contributed by atoms with Gasteiger partial charge in [-0.1, -0.05) is 13.8 Å². The van der Waals surface area contributed by atoms with E-state index in [1.807, 2.05) is 13.8 Å². The topological polar surface area (TPSA) is 12.0 Å². The molecule has 0 aromatic heterocycles. The van der Waals surface area contributed by atoms with Crippen molar-refractivity contribution in [3.63, 3.8) is 0 Å². The zero-order valence-electron chi connectivity index (χ0n) is 7.48. The Morgan fingerprint density at radius 1 is 1.33 bits per heavy atom. The Hall–Kier alpha value is -0.180. The molecule has 0 spiro atoms. The lowest BCUT2D eigenvalue weighted by atomic mass is 9.93. The number of hydrogen-bond donors (Lipinski definition) is 1. The first-order chi connectivity index (χ1) is 5.55. The summed E-state index contributed by atoms with van der Waals surface area (Å²) < 4.78 is 26.3. The zero-order chi connectivity index (χ0) is 8.93. The van der Waals surface area contributed by atoms with Gasteiger partial charge in [-0.2, -0.15) is 0 Å². The molecular formula is C9H15F2N. The van der Waals surface area contributed by atoms with E-state index in [4.69, 9.17) is 0 Å². The predicted octanol–water partition coefficient (Wildman–Crippen LogP) is 1.74. The highest BCUT2D eigenvalue weighted by Gasteiger charge is 2.71.